The van der Waals surface area contributed by atoms with Crippen LogP contribution in [0, 0.1) is 19.8 Å². The van der Waals surface area contributed by atoms with Crippen molar-refractivity contribution in [2.45, 2.75) is 40.2 Å². The maximum atomic E-state index is 11.9. The summed E-state index contributed by atoms with van der Waals surface area (Å²) in [7, 11) is 1.26. The van der Waals surface area contributed by atoms with Crippen LogP contribution >= 0.6 is 0 Å². The van der Waals surface area contributed by atoms with Gasteiger partial charge >= 0.3 is 11.9 Å². The summed E-state index contributed by atoms with van der Waals surface area (Å²) < 4.78 is 14.9. The minimum Gasteiger partial charge on any atom is -0.482 e. The lowest BCUT2D eigenvalue weighted by molar-refractivity contribution is -0.152. The third kappa shape index (κ3) is 7.13. The predicted octanol–water partition coefficient (Wildman–Crippen LogP) is 1.93. The number of esters is 2. The summed E-state index contributed by atoms with van der Waals surface area (Å²) in [6.07, 6.45) is 0.684. The molecule has 0 bridgehead atoms. The number of rotatable bonds is 9. The van der Waals surface area contributed by atoms with Gasteiger partial charge in [-0.2, -0.15) is 0 Å². The second-order valence-corrected chi connectivity index (χ2v) is 6.23. The molecule has 7 nitrogen and oxygen atoms in total. The molecule has 1 aromatic rings. The zero-order valence-electron chi connectivity index (χ0n) is 16.0. The van der Waals surface area contributed by atoms with E-state index in [0.717, 1.165) is 11.1 Å². The van der Waals surface area contributed by atoms with Crippen LogP contribution in [0.25, 0.3) is 0 Å². The van der Waals surface area contributed by atoms with Crippen LogP contribution in [0.1, 0.15) is 31.4 Å². The van der Waals surface area contributed by atoms with Gasteiger partial charge < -0.3 is 19.5 Å². The van der Waals surface area contributed by atoms with Crippen molar-refractivity contribution in [2.24, 2.45) is 5.92 Å². The van der Waals surface area contributed by atoms with Crippen molar-refractivity contribution in [2.75, 3.05) is 20.3 Å². The van der Waals surface area contributed by atoms with Gasteiger partial charge in [0.15, 0.2) is 13.2 Å². The molecule has 0 aliphatic rings. The van der Waals surface area contributed by atoms with E-state index in [0.29, 0.717) is 12.2 Å². The van der Waals surface area contributed by atoms with E-state index in [1.54, 1.807) is 12.1 Å². The molecule has 0 aliphatic carbocycles. The number of hydrogen-bond donors (Lipinski definition) is 1. The van der Waals surface area contributed by atoms with Crippen LogP contribution in [0.2, 0.25) is 0 Å². The van der Waals surface area contributed by atoms with E-state index in [1.165, 1.54) is 7.11 Å². The first-order chi connectivity index (χ1) is 12.3. The maximum Gasteiger partial charge on any atom is 0.344 e. The van der Waals surface area contributed by atoms with Crippen molar-refractivity contribution in [1.29, 1.82) is 0 Å². The Morgan fingerprint density at radius 1 is 1.08 bits per heavy atom. The molecule has 0 aliphatic heterocycles. The number of carbonyl (C=O) groups excluding carboxylic acids is 3. The van der Waals surface area contributed by atoms with E-state index < -0.39 is 30.5 Å². The fraction of sp³-hybridized carbons (Fsp3) is 0.526. The third-order valence-corrected chi connectivity index (χ3v) is 3.90. The van der Waals surface area contributed by atoms with Crippen LogP contribution in [0.15, 0.2) is 18.2 Å². The van der Waals surface area contributed by atoms with E-state index in [9.17, 15) is 14.4 Å². The number of amides is 1. The summed E-state index contributed by atoms with van der Waals surface area (Å²) in [5, 5.41) is 2.53. The van der Waals surface area contributed by atoms with Crippen LogP contribution in [-0.4, -0.2) is 44.2 Å². The highest BCUT2D eigenvalue weighted by molar-refractivity contribution is 5.86. The summed E-state index contributed by atoms with van der Waals surface area (Å²) in [6, 6.07) is 4.83. The summed E-state index contributed by atoms with van der Waals surface area (Å²) in [6.45, 7) is 6.79. The molecule has 0 aromatic heterocycles. The Bertz CT molecular complexity index is 623. The molecule has 0 saturated heterocycles. The number of aryl methyl sites for hydroxylation is 2. The summed E-state index contributed by atoms with van der Waals surface area (Å²) in [5.74, 6) is -1.31. The molecular formula is C19H27NO6. The average molecular weight is 365 g/mol. The minimum atomic E-state index is -0.775. The first-order valence-corrected chi connectivity index (χ1v) is 8.50. The van der Waals surface area contributed by atoms with Crippen LogP contribution in [0.3, 0.4) is 0 Å². The largest absolute Gasteiger partial charge is 0.482 e. The molecule has 0 heterocycles. The molecule has 1 aromatic carbocycles. The van der Waals surface area contributed by atoms with Gasteiger partial charge in [0.05, 0.1) is 7.11 Å². The number of methoxy groups -OCH3 is 1. The van der Waals surface area contributed by atoms with Crippen molar-refractivity contribution >= 4 is 17.8 Å². The van der Waals surface area contributed by atoms with Crippen molar-refractivity contribution < 1.29 is 28.6 Å². The Balaban J connectivity index is 2.45. The third-order valence-electron chi connectivity index (χ3n) is 3.90. The molecule has 0 saturated carbocycles. The second-order valence-electron chi connectivity index (χ2n) is 6.23. The highest BCUT2D eigenvalue weighted by Gasteiger charge is 2.26. The van der Waals surface area contributed by atoms with Gasteiger partial charge in [-0.05, 0) is 43.0 Å². The zero-order valence-corrected chi connectivity index (χ0v) is 16.0. The fourth-order valence-corrected chi connectivity index (χ4v) is 2.36. The molecule has 1 N–H and O–H groups in total. The van der Waals surface area contributed by atoms with Gasteiger partial charge in [-0.3, -0.25) is 4.79 Å². The summed E-state index contributed by atoms with van der Waals surface area (Å²) >= 11 is 0. The Kier molecular flexibility index (Phi) is 8.61. The lowest BCUT2D eigenvalue weighted by Crippen LogP contribution is -2.47. The lowest BCUT2D eigenvalue weighted by atomic mass is 9.99. The molecule has 0 fully saturated rings. The number of nitrogens with one attached hydrogen (secondary N) is 1. The fourth-order valence-electron chi connectivity index (χ4n) is 2.36. The van der Waals surface area contributed by atoms with E-state index in [4.69, 9.17) is 9.47 Å². The van der Waals surface area contributed by atoms with Crippen molar-refractivity contribution in [3.05, 3.63) is 29.3 Å². The average Bonchev–Trinajstić information content (AvgIpc) is 2.60. The topological polar surface area (TPSA) is 90.9 Å². The molecule has 0 spiro atoms. The van der Waals surface area contributed by atoms with Gasteiger partial charge in [0.25, 0.3) is 5.91 Å². The van der Waals surface area contributed by atoms with Crippen LogP contribution < -0.4 is 10.1 Å². The Morgan fingerprint density at radius 2 is 1.69 bits per heavy atom. The monoisotopic (exact) mass is 365 g/mol. The molecule has 7 heteroatoms. The van der Waals surface area contributed by atoms with Crippen molar-refractivity contribution in [3.8, 4) is 5.75 Å². The van der Waals surface area contributed by atoms with Crippen molar-refractivity contribution in [1.82, 2.24) is 5.32 Å². The van der Waals surface area contributed by atoms with Gasteiger partial charge in [0.1, 0.15) is 11.8 Å². The number of benzene rings is 1. The Labute approximate surface area is 154 Å². The van der Waals surface area contributed by atoms with Crippen LogP contribution in [0.5, 0.6) is 5.75 Å². The molecule has 26 heavy (non-hydrogen) atoms. The van der Waals surface area contributed by atoms with Crippen LogP contribution in [-0.2, 0) is 23.9 Å². The van der Waals surface area contributed by atoms with E-state index in [2.05, 4.69) is 10.1 Å². The molecule has 1 rings (SSSR count). The van der Waals surface area contributed by atoms with Crippen LogP contribution in [0.4, 0.5) is 0 Å². The molecule has 1 amide bonds. The molecular weight excluding hydrogens is 338 g/mol. The molecule has 2 atom stereocenters. The smallest absolute Gasteiger partial charge is 0.344 e. The molecule has 0 unspecified atom stereocenters. The van der Waals surface area contributed by atoms with E-state index in [-0.39, 0.29) is 12.5 Å². The van der Waals surface area contributed by atoms with Gasteiger partial charge in [0, 0.05) is 0 Å². The molecule has 144 valence electrons. The zero-order chi connectivity index (χ0) is 19.7. The first kappa shape index (κ1) is 21.5. The quantitative estimate of drug-likeness (QED) is 0.673. The highest BCUT2D eigenvalue weighted by atomic mass is 16.6. The highest BCUT2D eigenvalue weighted by Crippen LogP contribution is 2.16. The predicted molar refractivity (Wildman–Crippen MR) is 95.8 cm³/mol. The number of ether oxygens (including phenoxy) is 3. The number of carbonyl (C=O) groups is 3. The lowest BCUT2D eigenvalue weighted by Gasteiger charge is -2.21. The molecule has 0 radical (unpaired) electrons. The summed E-state index contributed by atoms with van der Waals surface area (Å²) in [4.78, 5) is 35.4. The van der Waals surface area contributed by atoms with Gasteiger partial charge in [-0.15, -0.1) is 0 Å². The van der Waals surface area contributed by atoms with Crippen molar-refractivity contribution in [3.63, 3.8) is 0 Å². The van der Waals surface area contributed by atoms with E-state index in [1.807, 2.05) is 33.8 Å². The SMILES string of the molecule is CC[C@@H](C)[C@@H](NC(=O)COC(=O)COc1cc(C)cc(C)c1)C(=O)OC. The first-order valence-electron chi connectivity index (χ1n) is 8.50. The maximum absolute atomic E-state index is 11.9. The number of hydrogen-bond acceptors (Lipinski definition) is 6. The minimum absolute atomic E-state index is 0.102. The Morgan fingerprint density at radius 3 is 2.23 bits per heavy atom. The summed E-state index contributed by atoms with van der Waals surface area (Å²) in [5.41, 5.74) is 2.04. The van der Waals surface area contributed by atoms with E-state index >= 15 is 0 Å². The standard InChI is InChI=1S/C19H27NO6/c1-6-14(4)18(19(23)24-5)20-16(21)10-26-17(22)11-25-15-8-12(2)7-13(3)9-15/h7-9,14,18H,6,10-11H2,1-5H3,(H,20,21)/t14-,18-/m1/s1. The van der Waals surface area contributed by atoms with Gasteiger partial charge in [-0.1, -0.05) is 26.3 Å². The normalized spacial score (nSPS) is 12.7. The van der Waals surface area contributed by atoms with Gasteiger partial charge in [-0.25, -0.2) is 9.59 Å². The second kappa shape index (κ2) is 10.4. The van der Waals surface area contributed by atoms with Gasteiger partial charge in [0.2, 0.25) is 0 Å². The Hall–Kier alpha value is -2.57.